The maximum Gasteiger partial charge on any atom is 0.253 e. The zero-order valence-corrected chi connectivity index (χ0v) is 15.6. The van der Waals surface area contributed by atoms with Crippen molar-refractivity contribution in [1.29, 1.82) is 0 Å². The molecule has 0 spiro atoms. The Morgan fingerprint density at radius 2 is 1.93 bits per heavy atom. The fourth-order valence-electron chi connectivity index (χ4n) is 3.84. The third-order valence-corrected chi connectivity index (χ3v) is 5.26. The molecule has 1 atom stereocenters. The summed E-state index contributed by atoms with van der Waals surface area (Å²) < 4.78 is 2.29. The zero-order chi connectivity index (χ0) is 18.6. The monoisotopic (exact) mass is 360 g/mol. The van der Waals surface area contributed by atoms with E-state index in [1.807, 2.05) is 29.3 Å². The SMILES string of the molecule is Cc1cnc(-c2ccccc2)n1CC1CCCN(C(=O)c2ccncc2)C1. The van der Waals surface area contributed by atoms with Gasteiger partial charge in [-0.1, -0.05) is 30.3 Å². The molecular weight excluding hydrogens is 336 g/mol. The van der Waals surface area contributed by atoms with Crippen LogP contribution in [0.3, 0.4) is 0 Å². The Balaban J connectivity index is 1.51. The maximum atomic E-state index is 12.8. The molecule has 4 rings (SSSR count). The highest BCUT2D eigenvalue weighted by Gasteiger charge is 2.25. The van der Waals surface area contributed by atoms with Gasteiger partial charge in [-0.15, -0.1) is 0 Å². The molecule has 5 nitrogen and oxygen atoms in total. The van der Waals surface area contributed by atoms with Gasteiger partial charge in [0.2, 0.25) is 0 Å². The van der Waals surface area contributed by atoms with Gasteiger partial charge in [-0.2, -0.15) is 0 Å². The van der Waals surface area contributed by atoms with E-state index in [4.69, 9.17) is 0 Å². The summed E-state index contributed by atoms with van der Waals surface area (Å²) in [4.78, 5) is 23.4. The quantitative estimate of drug-likeness (QED) is 0.711. The van der Waals surface area contributed by atoms with Crippen molar-refractivity contribution in [1.82, 2.24) is 19.4 Å². The van der Waals surface area contributed by atoms with Crippen molar-refractivity contribution in [3.8, 4) is 11.4 Å². The molecule has 5 heteroatoms. The number of carbonyl (C=O) groups is 1. The van der Waals surface area contributed by atoms with E-state index in [-0.39, 0.29) is 5.91 Å². The molecule has 1 aromatic carbocycles. The van der Waals surface area contributed by atoms with E-state index < -0.39 is 0 Å². The summed E-state index contributed by atoms with van der Waals surface area (Å²) in [6.07, 6.45) is 7.46. The van der Waals surface area contributed by atoms with Gasteiger partial charge in [0, 0.05) is 55.0 Å². The number of amides is 1. The van der Waals surface area contributed by atoms with Gasteiger partial charge >= 0.3 is 0 Å². The van der Waals surface area contributed by atoms with Crippen LogP contribution in [-0.2, 0) is 6.54 Å². The van der Waals surface area contributed by atoms with Crippen molar-refractivity contribution >= 4 is 5.91 Å². The zero-order valence-electron chi connectivity index (χ0n) is 15.6. The number of hydrogen-bond donors (Lipinski definition) is 0. The summed E-state index contributed by atoms with van der Waals surface area (Å²) in [5, 5.41) is 0. The van der Waals surface area contributed by atoms with E-state index in [9.17, 15) is 4.79 Å². The number of nitrogens with zero attached hydrogens (tertiary/aromatic N) is 4. The number of rotatable bonds is 4. The van der Waals surface area contributed by atoms with E-state index >= 15 is 0 Å². The van der Waals surface area contributed by atoms with Crippen molar-refractivity contribution < 1.29 is 4.79 Å². The predicted octanol–water partition coefficient (Wildman–Crippen LogP) is 3.81. The van der Waals surface area contributed by atoms with Crippen LogP contribution in [0, 0.1) is 12.8 Å². The standard InChI is InChI=1S/C22H24N4O/c1-17-14-24-21(19-7-3-2-4-8-19)26(17)16-18-6-5-13-25(15-18)22(27)20-9-11-23-12-10-20/h2-4,7-12,14,18H,5-6,13,15-16H2,1H3. The van der Waals surface area contributed by atoms with Crippen molar-refractivity contribution in [3.63, 3.8) is 0 Å². The Morgan fingerprint density at radius 3 is 2.70 bits per heavy atom. The van der Waals surface area contributed by atoms with Crippen LogP contribution in [-0.4, -0.2) is 38.4 Å². The van der Waals surface area contributed by atoms with Crippen LogP contribution in [0.5, 0.6) is 0 Å². The first-order valence-electron chi connectivity index (χ1n) is 9.49. The van der Waals surface area contributed by atoms with Crippen molar-refractivity contribution in [2.75, 3.05) is 13.1 Å². The van der Waals surface area contributed by atoms with Gasteiger partial charge in [0.1, 0.15) is 5.82 Å². The summed E-state index contributed by atoms with van der Waals surface area (Å²) in [5.41, 5.74) is 3.01. The van der Waals surface area contributed by atoms with Crippen LogP contribution in [0.25, 0.3) is 11.4 Å². The second-order valence-corrected chi connectivity index (χ2v) is 7.20. The lowest BCUT2D eigenvalue weighted by Crippen LogP contribution is -2.41. The van der Waals surface area contributed by atoms with Gasteiger partial charge < -0.3 is 9.47 Å². The molecule has 0 N–H and O–H groups in total. The van der Waals surface area contributed by atoms with E-state index in [1.165, 1.54) is 0 Å². The minimum atomic E-state index is 0.104. The molecule has 3 aromatic rings. The van der Waals surface area contributed by atoms with Gasteiger partial charge in [0.05, 0.1) is 0 Å². The average molecular weight is 360 g/mol. The molecule has 1 aliphatic heterocycles. The van der Waals surface area contributed by atoms with Gasteiger partial charge in [-0.25, -0.2) is 4.98 Å². The molecule has 0 bridgehead atoms. The van der Waals surface area contributed by atoms with Crippen LogP contribution >= 0.6 is 0 Å². The Labute approximate surface area is 159 Å². The number of imidazole rings is 1. The van der Waals surface area contributed by atoms with Crippen molar-refractivity contribution in [3.05, 3.63) is 72.3 Å². The minimum Gasteiger partial charge on any atom is -0.338 e. The van der Waals surface area contributed by atoms with Crippen LogP contribution in [0.15, 0.2) is 61.1 Å². The van der Waals surface area contributed by atoms with E-state index in [2.05, 4.69) is 33.6 Å². The fourth-order valence-corrected chi connectivity index (χ4v) is 3.84. The fraction of sp³-hybridized carbons (Fsp3) is 0.318. The summed E-state index contributed by atoms with van der Waals surface area (Å²) in [7, 11) is 0. The van der Waals surface area contributed by atoms with Gasteiger partial charge in [-0.05, 0) is 37.8 Å². The first kappa shape index (κ1) is 17.5. The van der Waals surface area contributed by atoms with Crippen LogP contribution in [0.4, 0.5) is 0 Å². The van der Waals surface area contributed by atoms with Crippen LogP contribution < -0.4 is 0 Å². The summed E-state index contributed by atoms with van der Waals surface area (Å²) >= 11 is 0. The summed E-state index contributed by atoms with van der Waals surface area (Å²) in [5.74, 6) is 1.54. The third-order valence-electron chi connectivity index (χ3n) is 5.26. The number of hydrogen-bond acceptors (Lipinski definition) is 3. The molecule has 1 fully saturated rings. The van der Waals surface area contributed by atoms with E-state index in [1.54, 1.807) is 24.5 Å². The van der Waals surface area contributed by atoms with Crippen LogP contribution in [0.2, 0.25) is 0 Å². The number of aryl methyl sites for hydroxylation is 1. The Hall–Kier alpha value is -2.95. The highest BCUT2D eigenvalue weighted by Crippen LogP contribution is 2.25. The number of pyridine rings is 1. The third kappa shape index (κ3) is 3.77. The molecule has 1 amide bonds. The molecule has 27 heavy (non-hydrogen) atoms. The predicted molar refractivity (Wildman–Crippen MR) is 105 cm³/mol. The van der Waals surface area contributed by atoms with Crippen molar-refractivity contribution in [2.45, 2.75) is 26.3 Å². The largest absolute Gasteiger partial charge is 0.338 e. The Kier molecular flexibility index (Phi) is 5.01. The molecule has 0 saturated carbocycles. The Morgan fingerprint density at radius 1 is 1.15 bits per heavy atom. The Bertz CT molecular complexity index is 905. The lowest BCUT2D eigenvalue weighted by Gasteiger charge is -2.33. The smallest absolute Gasteiger partial charge is 0.253 e. The van der Waals surface area contributed by atoms with Crippen molar-refractivity contribution in [2.24, 2.45) is 5.92 Å². The molecule has 1 aliphatic rings. The molecular formula is C22H24N4O. The van der Waals surface area contributed by atoms with Crippen LogP contribution in [0.1, 0.15) is 28.9 Å². The molecule has 0 radical (unpaired) electrons. The molecule has 138 valence electrons. The molecule has 0 aliphatic carbocycles. The molecule has 1 saturated heterocycles. The first-order chi connectivity index (χ1) is 13.2. The number of carbonyl (C=O) groups excluding carboxylic acids is 1. The maximum absolute atomic E-state index is 12.8. The minimum absolute atomic E-state index is 0.104. The molecule has 3 heterocycles. The second-order valence-electron chi connectivity index (χ2n) is 7.20. The van der Waals surface area contributed by atoms with Gasteiger partial charge in [0.15, 0.2) is 0 Å². The topological polar surface area (TPSA) is 51.0 Å². The number of aromatic nitrogens is 3. The van der Waals surface area contributed by atoms with E-state index in [0.717, 1.165) is 55.1 Å². The normalized spacial score (nSPS) is 17.1. The highest BCUT2D eigenvalue weighted by atomic mass is 16.2. The number of benzene rings is 1. The number of piperidine rings is 1. The van der Waals surface area contributed by atoms with E-state index in [0.29, 0.717) is 5.92 Å². The first-order valence-corrected chi connectivity index (χ1v) is 9.49. The molecule has 1 unspecified atom stereocenters. The number of likely N-dealkylation sites (tertiary alicyclic amines) is 1. The molecule has 2 aromatic heterocycles. The van der Waals surface area contributed by atoms with Gasteiger partial charge in [0.25, 0.3) is 5.91 Å². The lowest BCUT2D eigenvalue weighted by molar-refractivity contribution is 0.0662. The summed E-state index contributed by atoms with van der Waals surface area (Å²) in [6.45, 7) is 4.59. The average Bonchev–Trinajstić information content (AvgIpc) is 3.09. The lowest BCUT2D eigenvalue weighted by atomic mass is 9.97. The highest BCUT2D eigenvalue weighted by molar-refractivity contribution is 5.94. The second kappa shape index (κ2) is 7.74. The van der Waals surface area contributed by atoms with Gasteiger partial charge in [-0.3, -0.25) is 9.78 Å². The summed E-state index contributed by atoms with van der Waals surface area (Å²) in [6, 6.07) is 13.9.